The van der Waals surface area contributed by atoms with Gasteiger partial charge in [0.15, 0.2) is 0 Å². The summed E-state index contributed by atoms with van der Waals surface area (Å²) in [6.45, 7) is 10.2. The molecule has 2 N–H and O–H groups in total. The van der Waals surface area contributed by atoms with Gasteiger partial charge in [-0.25, -0.2) is 4.79 Å². The van der Waals surface area contributed by atoms with Crippen LogP contribution in [0.2, 0.25) is 0 Å². The molecule has 0 heterocycles. The van der Waals surface area contributed by atoms with Gasteiger partial charge in [0.25, 0.3) is 0 Å². The third-order valence-electron chi connectivity index (χ3n) is 11.4. The first-order chi connectivity index (χ1) is 28.1. The molecule has 57 heavy (non-hydrogen) atoms. The van der Waals surface area contributed by atoms with Gasteiger partial charge >= 0.3 is 6.09 Å². The number of unbranched alkanes of at least 4 members (excludes halogenated alkanes) is 33. The third-order valence-corrected chi connectivity index (χ3v) is 11.4. The molecular weight excluding hydrogens is 709 g/mol. The lowest BCUT2D eigenvalue weighted by molar-refractivity contribution is -0.121. The van der Waals surface area contributed by atoms with E-state index in [-0.39, 0.29) is 18.6 Å². The average molecular weight is 809 g/mol. The van der Waals surface area contributed by atoms with Crippen LogP contribution in [0.4, 0.5) is 4.79 Å². The standard InChI is InChI=1S/C50H100N2O5/c1-4-7-10-12-14-16-18-20-22-24-26-28-30-32-34-40-45-56-48(47-57-50(54)52-43-38-35-36-41-49(53)51-42-37-9-6-3)46-55-44-39-33-31-29-27-25-23-21-19-17-15-13-11-8-5-2/h48H,4-47H2,1-3H3,(H,51,53)(H,52,54)/t48-/m1/s1. The van der Waals surface area contributed by atoms with Crippen LogP contribution in [0.3, 0.4) is 0 Å². The molecule has 0 radical (unpaired) electrons. The maximum atomic E-state index is 12.4. The Balaban J connectivity index is 4.11. The zero-order chi connectivity index (χ0) is 41.4. The minimum absolute atomic E-state index is 0.130. The number of hydrogen-bond donors (Lipinski definition) is 2. The largest absolute Gasteiger partial charge is 0.447 e. The maximum Gasteiger partial charge on any atom is 0.407 e. The Labute approximate surface area is 355 Å². The Morgan fingerprint density at radius 3 is 1.19 bits per heavy atom. The quantitative estimate of drug-likeness (QED) is 0.0598. The lowest BCUT2D eigenvalue weighted by Crippen LogP contribution is -2.32. The molecule has 0 aliphatic heterocycles. The Bertz CT molecular complexity index is 759. The first kappa shape index (κ1) is 55.7. The topological polar surface area (TPSA) is 85.9 Å². The molecule has 1 atom stereocenters. The van der Waals surface area contributed by atoms with E-state index in [4.69, 9.17) is 14.2 Å². The van der Waals surface area contributed by atoms with E-state index in [0.717, 1.165) is 64.5 Å². The molecule has 340 valence electrons. The first-order valence-corrected chi connectivity index (χ1v) is 25.5. The van der Waals surface area contributed by atoms with Gasteiger partial charge in [0.1, 0.15) is 12.7 Å². The number of amides is 2. The van der Waals surface area contributed by atoms with Gasteiger partial charge in [0, 0.05) is 32.7 Å². The summed E-state index contributed by atoms with van der Waals surface area (Å²) in [5.74, 6) is 0.130. The number of ether oxygens (including phenoxy) is 3. The molecule has 0 bridgehead atoms. The number of rotatable bonds is 48. The van der Waals surface area contributed by atoms with E-state index in [9.17, 15) is 9.59 Å². The highest BCUT2D eigenvalue weighted by atomic mass is 16.6. The van der Waals surface area contributed by atoms with Gasteiger partial charge in [-0.05, 0) is 32.1 Å². The third kappa shape index (κ3) is 47.2. The predicted molar refractivity (Wildman–Crippen MR) is 245 cm³/mol. The molecule has 0 spiro atoms. The summed E-state index contributed by atoms with van der Waals surface area (Å²) in [5, 5.41) is 5.86. The zero-order valence-electron chi connectivity index (χ0n) is 38.7. The van der Waals surface area contributed by atoms with E-state index in [0.29, 0.717) is 26.2 Å². The van der Waals surface area contributed by atoms with Crippen LogP contribution in [0.15, 0.2) is 0 Å². The summed E-state index contributed by atoms with van der Waals surface area (Å²) in [4.78, 5) is 24.4. The van der Waals surface area contributed by atoms with E-state index in [1.165, 1.54) is 186 Å². The smallest absolute Gasteiger partial charge is 0.407 e. The van der Waals surface area contributed by atoms with Crippen molar-refractivity contribution in [1.29, 1.82) is 0 Å². The van der Waals surface area contributed by atoms with Gasteiger partial charge in [0.05, 0.1) is 6.61 Å². The molecule has 0 saturated heterocycles. The lowest BCUT2D eigenvalue weighted by atomic mass is 10.0. The Kier molecular flexibility index (Phi) is 47.9. The second-order valence-corrected chi connectivity index (χ2v) is 17.2. The molecule has 2 amide bonds. The van der Waals surface area contributed by atoms with Crippen molar-refractivity contribution in [2.24, 2.45) is 0 Å². The molecule has 0 aliphatic carbocycles. The highest BCUT2D eigenvalue weighted by molar-refractivity contribution is 5.75. The van der Waals surface area contributed by atoms with E-state index in [1.54, 1.807) is 0 Å². The van der Waals surface area contributed by atoms with Crippen LogP contribution in [-0.4, -0.2) is 57.6 Å². The molecule has 0 rings (SSSR count). The molecule has 0 aliphatic rings. The van der Waals surface area contributed by atoms with E-state index in [1.807, 2.05) is 0 Å². The SMILES string of the molecule is CCCCCCCCCCCCCCCCCCO[C@H](COCCCCCCCCCCCCCCCCC)COC(=O)NCCCCCC(=O)NCCCCC. The van der Waals surface area contributed by atoms with Gasteiger partial charge in [-0.3, -0.25) is 4.79 Å². The fourth-order valence-corrected chi connectivity index (χ4v) is 7.52. The van der Waals surface area contributed by atoms with Crippen LogP contribution in [0.25, 0.3) is 0 Å². The van der Waals surface area contributed by atoms with E-state index < -0.39 is 6.09 Å². The fraction of sp³-hybridized carbons (Fsp3) is 0.960. The molecule has 7 nitrogen and oxygen atoms in total. The lowest BCUT2D eigenvalue weighted by Gasteiger charge is -2.18. The molecule has 7 heteroatoms. The first-order valence-electron chi connectivity index (χ1n) is 25.5. The van der Waals surface area contributed by atoms with E-state index in [2.05, 4.69) is 31.4 Å². The minimum Gasteiger partial charge on any atom is -0.447 e. The highest BCUT2D eigenvalue weighted by Gasteiger charge is 2.13. The predicted octanol–water partition coefficient (Wildman–Crippen LogP) is 15.1. The minimum atomic E-state index is -0.401. The van der Waals surface area contributed by atoms with Crippen LogP contribution < -0.4 is 10.6 Å². The summed E-state index contributed by atoms with van der Waals surface area (Å²) in [6.07, 6.45) is 47.8. The van der Waals surface area contributed by atoms with Crippen LogP contribution >= 0.6 is 0 Å². The van der Waals surface area contributed by atoms with Gasteiger partial charge in [-0.1, -0.05) is 226 Å². The molecule has 0 unspecified atom stereocenters. The number of carbonyl (C=O) groups excluding carboxylic acids is 2. The van der Waals surface area contributed by atoms with Crippen molar-refractivity contribution in [3.05, 3.63) is 0 Å². The summed E-state index contributed by atoms with van der Waals surface area (Å²) < 4.78 is 17.8. The van der Waals surface area contributed by atoms with Crippen molar-refractivity contribution >= 4 is 12.0 Å². The van der Waals surface area contributed by atoms with Gasteiger partial charge in [-0.15, -0.1) is 0 Å². The molecule has 0 aromatic heterocycles. The summed E-state index contributed by atoms with van der Waals surface area (Å²) in [6, 6.07) is 0. The van der Waals surface area contributed by atoms with Crippen molar-refractivity contribution in [2.75, 3.05) is 39.5 Å². The second kappa shape index (κ2) is 49.0. The summed E-state index contributed by atoms with van der Waals surface area (Å²) >= 11 is 0. The van der Waals surface area contributed by atoms with Crippen molar-refractivity contribution in [3.63, 3.8) is 0 Å². The van der Waals surface area contributed by atoms with Crippen molar-refractivity contribution in [1.82, 2.24) is 10.6 Å². The Morgan fingerprint density at radius 2 is 0.737 bits per heavy atom. The highest BCUT2D eigenvalue weighted by Crippen LogP contribution is 2.15. The van der Waals surface area contributed by atoms with Crippen LogP contribution in [-0.2, 0) is 19.0 Å². The normalized spacial score (nSPS) is 11.9. The van der Waals surface area contributed by atoms with Crippen molar-refractivity contribution < 1.29 is 23.8 Å². The number of nitrogens with one attached hydrogen (secondary N) is 2. The van der Waals surface area contributed by atoms with Gasteiger partial charge in [-0.2, -0.15) is 0 Å². The summed E-state index contributed by atoms with van der Waals surface area (Å²) in [7, 11) is 0. The average Bonchev–Trinajstić information content (AvgIpc) is 3.21. The number of carbonyl (C=O) groups is 2. The van der Waals surface area contributed by atoms with Crippen LogP contribution in [0, 0.1) is 0 Å². The Morgan fingerprint density at radius 1 is 0.386 bits per heavy atom. The second-order valence-electron chi connectivity index (χ2n) is 17.2. The molecule has 0 aromatic rings. The molecular formula is C50H100N2O5. The van der Waals surface area contributed by atoms with Crippen molar-refractivity contribution in [3.8, 4) is 0 Å². The number of hydrogen-bond acceptors (Lipinski definition) is 5. The number of alkyl carbamates (subject to hydrolysis) is 1. The van der Waals surface area contributed by atoms with Crippen LogP contribution in [0.1, 0.15) is 265 Å². The summed E-state index contributed by atoms with van der Waals surface area (Å²) in [5.41, 5.74) is 0. The van der Waals surface area contributed by atoms with Gasteiger partial charge in [0.2, 0.25) is 5.91 Å². The van der Waals surface area contributed by atoms with Crippen LogP contribution in [0.5, 0.6) is 0 Å². The zero-order valence-corrected chi connectivity index (χ0v) is 38.7. The van der Waals surface area contributed by atoms with E-state index >= 15 is 0 Å². The molecule has 0 saturated carbocycles. The molecule has 0 fully saturated rings. The molecule has 0 aromatic carbocycles. The monoisotopic (exact) mass is 809 g/mol. The fourth-order valence-electron chi connectivity index (χ4n) is 7.52. The maximum absolute atomic E-state index is 12.4. The van der Waals surface area contributed by atoms with Crippen molar-refractivity contribution in [2.45, 2.75) is 271 Å². The Hall–Kier alpha value is -1.34. The van der Waals surface area contributed by atoms with Gasteiger partial charge < -0.3 is 24.8 Å².